The number of aromatic hydroxyl groups is 1. The Morgan fingerprint density at radius 3 is 2.63 bits per heavy atom. The third-order valence-corrected chi connectivity index (χ3v) is 9.49. The highest BCUT2D eigenvalue weighted by Crippen LogP contribution is 2.32. The number of benzene rings is 3. The monoisotopic (exact) mass is 682 g/mol. The molecule has 2 saturated heterocycles. The Labute approximate surface area is 278 Å². The fourth-order valence-electron chi connectivity index (χ4n) is 5.92. The largest absolute Gasteiger partial charge is 0.508 e. The molecule has 2 atom stereocenters. The van der Waals surface area contributed by atoms with E-state index in [-0.39, 0.29) is 56.7 Å². The van der Waals surface area contributed by atoms with Crippen LogP contribution in [-0.4, -0.2) is 79.6 Å². The van der Waals surface area contributed by atoms with Crippen LogP contribution < -0.4 is 5.32 Å². The van der Waals surface area contributed by atoms with Crippen LogP contribution in [0.5, 0.6) is 5.75 Å². The summed E-state index contributed by atoms with van der Waals surface area (Å²) in [6.45, 7) is 4.00. The molecule has 0 spiro atoms. The third kappa shape index (κ3) is 6.25. The van der Waals surface area contributed by atoms with Crippen LogP contribution in [0.25, 0.3) is 10.2 Å². The van der Waals surface area contributed by atoms with Gasteiger partial charge in [-0.1, -0.05) is 53.5 Å². The van der Waals surface area contributed by atoms with E-state index in [9.17, 15) is 23.9 Å². The summed E-state index contributed by atoms with van der Waals surface area (Å²) in [5.74, 6) is -0.975. The molecule has 6 rings (SSSR count). The normalized spacial score (nSPS) is 18.6. The van der Waals surface area contributed by atoms with Crippen molar-refractivity contribution in [2.45, 2.75) is 31.7 Å². The minimum absolute atomic E-state index is 0.0115. The van der Waals surface area contributed by atoms with Crippen molar-refractivity contribution in [1.82, 2.24) is 30.1 Å². The highest BCUT2D eigenvalue weighted by molar-refractivity contribution is 7.16. The average Bonchev–Trinajstić information content (AvgIpc) is 3.53. The molecule has 46 heavy (non-hydrogen) atoms. The first kappa shape index (κ1) is 31.7. The molecule has 1 aromatic heterocycles. The Hall–Kier alpha value is -4.23. The number of phenolic OH excluding ortho intramolecular Hbond substituents is 1. The molecule has 4 aromatic rings. The summed E-state index contributed by atoms with van der Waals surface area (Å²) >= 11 is 13.6. The molecule has 2 fully saturated rings. The standard InChI is InChI=1S/C32H29Cl2FN6O4S/c1-2-11-39-17-28(43)40-26(12-19-3-8-23(42)9-4-19)31(44)38(15-21-6-10-25(35)30-29(21)37-18-46-30)16-27(40)41(39)32(45)36-14-20-5-7-22(33)13-24(20)34/h2-10,13,18,26-27,42H,1,11-12,14-17H2,(H,36,45)/t26-,27-/m0/s1. The van der Waals surface area contributed by atoms with Gasteiger partial charge in [0.15, 0.2) is 0 Å². The second-order valence-corrected chi connectivity index (χ2v) is 12.7. The van der Waals surface area contributed by atoms with Gasteiger partial charge in [0.1, 0.15) is 23.8 Å². The number of amides is 4. The lowest BCUT2D eigenvalue weighted by Crippen LogP contribution is -2.76. The van der Waals surface area contributed by atoms with Crippen molar-refractivity contribution in [2.75, 3.05) is 19.6 Å². The SMILES string of the molecule is C=CCN1CC(=O)N2[C@@H](Cc3ccc(O)cc3)C(=O)N(Cc3ccc(F)c4scnc34)C[C@@H]2N1C(=O)NCc1ccc(Cl)cc1Cl. The quantitative estimate of drug-likeness (QED) is 0.248. The molecule has 238 valence electrons. The number of carbonyl (C=O) groups is 3. The number of phenols is 1. The highest BCUT2D eigenvalue weighted by Gasteiger charge is 2.51. The number of nitrogens with one attached hydrogen (secondary N) is 1. The summed E-state index contributed by atoms with van der Waals surface area (Å²) in [6, 6.07) is 12.9. The number of urea groups is 1. The minimum Gasteiger partial charge on any atom is -0.508 e. The molecular formula is C32H29Cl2FN6O4S. The van der Waals surface area contributed by atoms with E-state index in [2.05, 4.69) is 16.9 Å². The Morgan fingerprint density at radius 2 is 1.89 bits per heavy atom. The zero-order valence-electron chi connectivity index (χ0n) is 24.4. The molecule has 3 heterocycles. The van der Waals surface area contributed by atoms with E-state index in [0.29, 0.717) is 31.4 Å². The van der Waals surface area contributed by atoms with Crippen molar-refractivity contribution in [2.24, 2.45) is 0 Å². The van der Waals surface area contributed by atoms with Crippen LogP contribution in [0.4, 0.5) is 9.18 Å². The lowest BCUT2D eigenvalue weighted by Gasteiger charge is -2.55. The zero-order chi connectivity index (χ0) is 32.5. The van der Waals surface area contributed by atoms with Gasteiger partial charge in [0.05, 0.1) is 28.8 Å². The number of carbonyl (C=O) groups excluding carboxylic acids is 3. The average molecular weight is 684 g/mol. The van der Waals surface area contributed by atoms with Gasteiger partial charge in [-0.25, -0.2) is 24.2 Å². The van der Waals surface area contributed by atoms with Gasteiger partial charge in [0.25, 0.3) is 0 Å². The van der Waals surface area contributed by atoms with Crippen molar-refractivity contribution in [3.8, 4) is 5.75 Å². The van der Waals surface area contributed by atoms with Gasteiger partial charge in [0.2, 0.25) is 11.8 Å². The molecule has 4 amide bonds. The number of hydrogen-bond acceptors (Lipinski definition) is 7. The summed E-state index contributed by atoms with van der Waals surface area (Å²) in [6.07, 6.45) is 0.856. The van der Waals surface area contributed by atoms with E-state index in [1.807, 2.05) is 0 Å². The van der Waals surface area contributed by atoms with E-state index in [0.717, 1.165) is 5.56 Å². The molecule has 10 nitrogen and oxygen atoms in total. The van der Waals surface area contributed by atoms with Gasteiger partial charge in [-0.15, -0.1) is 17.9 Å². The Balaban J connectivity index is 1.36. The molecule has 0 saturated carbocycles. The van der Waals surface area contributed by atoms with Gasteiger partial charge >= 0.3 is 6.03 Å². The van der Waals surface area contributed by atoms with Crippen LogP contribution >= 0.6 is 34.5 Å². The van der Waals surface area contributed by atoms with Crippen LogP contribution in [0.3, 0.4) is 0 Å². The number of nitrogens with zero attached hydrogens (tertiary/aromatic N) is 5. The van der Waals surface area contributed by atoms with Gasteiger partial charge in [0, 0.05) is 36.1 Å². The molecular weight excluding hydrogens is 654 g/mol. The van der Waals surface area contributed by atoms with Crippen molar-refractivity contribution in [1.29, 1.82) is 0 Å². The topological polar surface area (TPSA) is 109 Å². The first-order chi connectivity index (χ1) is 22.1. The minimum atomic E-state index is -0.964. The van der Waals surface area contributed by atoms with Crippen LogP contribution in [0.2, 0.25) is 10.0 Å². The maximum atomic E-state index is 14.5. The van der Waals surface area contributed by atoms with E-state index in [1.165, 1.54) is 39.4 Å². The summed E-state index contributed by atoms with van der Waals surface area (Å²) in [4.78, 5) is 49.4. The lowest BCUT2D eigenvalue weighted by molar-refractivity contribution is -0.189. The fraction of sp³-hybridized carbons (Fsp3) is 0.250. The van der Waals surface area contributed by atoms with E-state index < -0.39 is 24.1 Å². The molecule has 2 aliphatic heterocycles. The van der Waals surface area contributed by atoms with Gasteiger partial charge in [-0.3, -0.25) is 9.59 Å². The number of hydrazine groups is 1. The maximum absolute atomic E-state index is 14.5. The number of rotatable bonds is 8. The van der Waals surface area contributed by atoms with Crippen molar-refractivity contribution in [3.63, 3.8) is 0 Å². The first-order valence-corrected chi connectivity index (χ1v) is 16.0. The second-order valence-electron chi connectivity index (χ2n) is 11.0. The number of aromatic nitrogens is 1. The number of fused-ring (bicyclic) bond motifs is 2. The van der Waals surface area contributed by atoms with Crippen LogP contribution in [0.15, 0.2) is 72.8 Å². The van der Waals surface area contributed by atoms with Crippen molar-refractivity contribution >= 4 is 62.6 Å². The van der Waals surface area contributed by atoms with Crippen molar-refractivity contribution < 1.29 is 23.9 Å². The maximum Gasteiger partial charge on any atom is 0.334 e. The number of thiazole rings is 1. The number of halogens is 3. The highest BCUT2D eigenvalue weighted by atomic mass is 35.5. The van der Waals surface area contributed by atoms with Crippen LogP contribution in [0.1, 0.15) is 16.7 Å². The molecule has 0 aliphatic carbocycles. The Kier molecular flexibility index (Phi) is 9.14. The molecule has 2 aliphatic rings. The molecule has 2 N–H and O–H groups in total. The van der Waals surface area contributed by atoms with E-state index in [4.69, 9.17) is 23.2 Å². The van der Waals surface area contributed by atoms with Crippen LogP contribution in [-0.2, 0) is 29.1 Å². The Bertz CT molecular complexity index is 1820. The van der Waals surface area contributed by atoms with Gasteiger partial charge in [-0.2, -0.15) is 0 Å². The van der Waals surface area contributed by atoms with Gasteiger partial charge in [-0.05, 0) is 47.0 Å². The lowest BCUT2D eigenvalue weighted by atomic mass is 9.98. The molecule has 3 aromatic carbocycles. The number of piperazine rings is 1. The second kappa shape index (κ2) is 13.2. The van der Waals surface area contributed by atoms with E-state index >= 15 is 0 Å². The summed E-state index contributed by atoms with van der Waals surface area (Å²) < 4.78 is 14.9. The fourth-order valence-corrected chi connectivity index (χ4v) is 7.14. The molecule has 0 radical (unpaired) electrons. The smallest absolute Gasteiger partial charge is 0.334 e. The third-order valence-electron chi connectivity index (χ3n) is 8.07. The zero-order valence-corrected chi connectivity index (χ0v) is 26.7. The van der Waals surface area contributed by atoms with Crippen LogP contribution in [0, 0.1) is 5.82 Å². The summed E-state index contributed by atoms with van der Waals surface area (Å²) in [5.41, 5.74) is 4.01. The predicted molar refractivity (Wildman–Crippen MR) is 174 cm³/mol. The van der Waals surface area contributed by atoms with Crippen molar-refractivity contribution in [3.05, 3.63) is 105 Å². The molecule has 14 heteroatoms. The van der Waals surface area contributed by atoms with Gasteiger partial charge < -0.3 is 20.2 Å². The number of hydrogen-bond donors (Lipinski definition) is 2. The predicted octanol–water partition coefficient (Wildman–Crippen LogP) is 5.18. The van der Waals surface area contributed by atoms with E-state index in [1.54, 1.807) is 57.9 Å². The molecule has 0 unspecified atom stereocenters. The first-order valence-electron chi connectivity index (χ1n) is 14.4. The summed E-state index contributed by atoms with van der Waals surface area (Å²) in [5, 5.41) is 16.6. The summed E-state index contributed by atoms with van der Waals surface area (Å²) in [7, 11) is 0. The molecule has 0 bridgehead atoms. The Morgan fingerprint density at radius 1 is 1.13 bits per heavy atom.